The largest absolute Gasteiger partial charge is 0.349 e. The maximum atomic E-state index is 11.8. The van der Waals surface area contributed by atoms with E-state index in [1.54, 1.807) is 6.20 Å². The van der Waals surface area contributed by atoms with Gasteiger partial charge in [-0.1, -0.05) is 13.8 Å². The third-order valence-electron chi connectivity index (χ3n) is 3.45. The monoisotopic (exact) mass is 262 g/mol. The Bertz CT molecular complexity index is 399. The lowest BCUT2D eigenvalue weighted by Gasteiger charge is -2.34. The van der Waals surface area contributed by atoms with Crippen LogP contribution in [0.25, 0.3) is 0 Å². The van der Waals surface area contributed by atoms with Gasteiger partial charge in [0.15, 0.2) is 0 Å². The molecule has 5 nitrogen and oxygen atoms in total. The summed E-state index contributed by atoms with van der Waals surface area (Å²) in [6.07, 6.45) is 5.89. The molecule has 1 aliphatic heterocycles. The first-order valence-corrected chi connectivity index (χ1v) is 6.91. The van der Waals surface area contributed by atoms with E-state index in [0.717, 1.165) is 31.5 Å². The van der Waals surface area contributed by atoms with E-state index in [4.69, 9.17) is 0 Å². The molecule has 0 aromatic carbocycles. The molecular formula is C14H22N4O. The van der Waals surface area contributed by atoms with Crippen molar-refractivity contribution in [1.82, 2.24) is 20.2 Å². The van der Waals surface area contributed by atoms with Crippen molar-refractivity contribution in [2.45, 2.75) is 20.3 Å². The molecule has 1 aromatic heterocycles. The van der Waals surface area contributed by atoms with Gasteiger partial charge in [-0.15, -0.1) is 0 Å². The van der Waals surface area contributed by atoms with Crippen LogP contribution < -0.4 is 5.32 Å². The highest BCUT2D eigenvalue weighted by atomic mass is 16.1. The van der Waals surface area contributed by atoms with Crippen LogP contribution in [0.15, 0.2) is 18.6 Å². The molecule has 1 amide bonds. The zero-order valence-electron chi connectivity index (χ0n) is 11.7. The molecule has 0 aliphatic carbocycles. The molecule has 1 N–H and O–H groups in total. The molecule has 0 unspecified atom stereocenters. The van der Waals surface area contributed by atoms with Crippen molar-refractivity contribution >= 4 is 5.91 Å². The van der Waals surface area contributed by atoms with Crippen molar-refractivity contribution in [3.63, 3.8) is 0 Å². The Morgan fingerprint density at radius 2 is 2.11 bits per heavy atom. The number of nitrogens with one attached hydrogen (secondary N) is 1. The summed E-state index contributed by atoms with van der Waals surface area (Å²) in [4.78, 5) is 22.1. The fourth-order valence-electron chi connectivity index (χ4n) is 2.81. The molecule has 1 fully saturated rings. The first kappa shape index (κ1) is 13.9. The third kappa shape index (κ3) is 4.28. The normalized spacial score (nSPS) is 24.1. The van der Waals surface area contributed by atoms with Crippen molar-refractivity contribution in [1.29, 1.82) is 0 Å². The third-order valence-corrected chi connectivity index (χ3v) is 3.45. The van der Waals surface area contributed by atoms with Crippen molar-refractivity contribution in [2.75, 3.05) is 26.2 Å². The highest BCUT2D eigenvalue weighted by Crippen LogP contribution is 2.20. The van der Waals surface area contributed by atoms with Gasteiger partial charge < -0.3 is 10.2 Å². The average molecular weight is 262 g/mol. The number of likely N-dealkylation sites (tertiary alicyclic amines) is 1. The van der Waals surface area contributed by atoms with Gasteiger partial charge in [0, 0.05) is 38.6 Å². The fraction of sp³-hybridized carbons (Fsp3) is 0.643. The number of aromatic nitrogens is 2. The standard InChI is InChI=1S/C14H22N4O/c1-11-7-12(2)10-18(9-11)6-5-17-14(19)13-8-15-3-4-16-13/h3-4,8,11-12H,5-7,9-10H2,1-2H3,(H,17,19)/t11-,12-/m1/s1. The van der Waals surface area contributed by atoms with Gasteiger partial charge in [0.25, 0.3) is 5.91 Å². The minimum Gasteiger partial charge on any atom is -0.349 e. The topological polar surface area (TPSA) is 58.1 Å². The predicted octanol–water partition coefficient (Wildman–Crippen LogP) is 1.18. The summed E-state index contributed by atoms with van der Waals surface area (Å²) < 4.78 is 0. The molecule has 0 radical (unpaired) electrons. The summed E-state index contributed by atoms with van der Waals surface area (Å²) in [6.45, 7) is 8.41. The molecule has 2 heterocycles. The summed E-state index contributed by atoms with van der Waals surface area (Å²) >= 11 is 0. The zero-order valence-corrected chi connectivity index (χ0v) is 11.7. The van der Waals surface area contributed by atoms with Crippen molar-refractivity contribution in [2.24, 2.45) is 11.8 Å². The van der Waals surface area contributed by atoms with E-state index in [9.17, 15) is 4.79 Å². The second-order valence-corrected chi connectivity index (χ2v) is 5.55. The molecule has 104 valence electrons. The Morgan fingerprint density at radius 3 is 2.74 bits per heavy atom. The quantitative estimate of drug-likeness (QED) is 0.885. The van der Waals surface area contributed by atoms with Gasteiger partial charge >= 0.3 is 0 Å². The van der Waals surface area contributed by atoms with Gasteiger partial charge in [-0.25, -0.2) is 4.98 Å². The molecule has 5 heteroatoms. The number of rotatable bonds is 4. The summed E-state index contributed by atoms with van der Waals surface area (Å²) in [7, 11) is 0. The molecule has 2 rings (SSSR count). The van der Waals surface area contributed by atoms with Crippen LogP contribution in [-0.4, -0.2) is 47.0 Å². The van der Waals surface area contributed by atoms with E-state index in [2.05, 4.69) is 34.0 Å². The minimum atomic E-state index is -0.147. The van der Waals surface area contributed by atoms with Gasteiger partial charge in [0.05, 0.1) is 6.20 Å². The van der Waals surface area contributed by atoms with Gasteiger partial charge in [0.1, 0.15) is 5.69 Å². The Hall–Kier alpha value is -1.49. The number of carbonyl (C=O) groups is 1. The van der Waals surface area contributed by atoms with E-state index in [1.165, 1.54) is 18.8 Å². The molecule has 2 atom stereocenters. The van der Waals surface area contributed by atoms with Crippen LogP contribution in [0.2, 0.25) is 0 Å². The van der Waals surface area contributed by atoms with Crippen molar-refractivity contribution in [3.05, 3.63) is 24.3 Å². The van der Waals surface area contributed by atoms with Crippen LogP contribution in [0.1, 0.15) is 30.8 Å². The minimum absolute atomic E-state index is 0.147. The fourth-order valence-corrected chi connectivity index (χ4v) is 2.81. The maximum Gasteiger partial charge on any atom is 0.271 e. The smallest absolute Gasteiger partial charge is 0.271 e. The zero-order chi connectivity index (χ0) is 13.7. The van der Waals surface area contributed by atoms with Gasteiger partial charge in [0.2, 0.25) is 0 Å². The Morgan fingerprint density at radius 1 is 1.37 bits per heavy atom. The molecule has 0 saturated carbocycles. The van der Waals surface area contributed by atoms with E-state index in [0.29, 0.717) is 12.2 Å². The number of piperidine rings is 1. The molecule has 1 saturated heterocycles. The van der Waals surface area contributed by atoms with E-state index in [1.807, 2.05) is 0 Å². The number of carbonyl (C=O) groups excluding carboxylic acids is 1. The van der Waals surface area contributed by atoms with Crippen LogP contribution in [0.3, 0.4) is 0 Å². The first-order valence-electron chi connectivity index (χ1n) is 6.91. The van der Waals surface area contributed by atoms with Gasteiger partial charge in [-0.3, -0.25) is 9.78 Å². The lowest BCUT2D eigenvalue weighted by Crippen LogP contribution is -2.43. The molecule has 1 aliphatic rings. The van der Waals surface area contributed by atoms with E-state index in [-0.39, 0.29) is 5.91 Å². The van der Waals surface area contributed by atoms with E-state index >= 15 is 0 Å². The Labute approximate surface area is 114 Å². The van der Waals surface area contributed by atoms with Crippen LogP contribution >= 0.6 is 0 Å². The molecule has 0 spiro atoms. The first-order chi connectivity index (χ1) is 9.15. The number of amides is 1. The maximum absolute atomic E-state index is 11.8. The molecular weight excluding hydrogens is 240 g/mol. The second-order valence-electron chi connectivity index (χ2n) is 5.55. The SMILES string of the molecule is C[C@@H]1C[C@@H](C)CN(CCNC(=O)c2cnccn2)C1. The van der Waals surface area contributed by atoms with Crippen LogP contribution in [0.4, 0.5) is 0 Å². The lowest BCUT2D eigenvalue weighted by atomic mass is 9.92. The van der Waals surface area contributed by atoms with Crippen LogP contribution in [-0.2, 0) is 0 Å². The summed E-state index contributed by atoms with van der Waals surface area (Å²) in [5.41, 5.74) is 0.378. The summed E-state index contributed by atoms with van der Waals surface area (Å²) in [5.74, 6) is 1.35. The number of hydrogen-bond acceptors (Lipinski definition) is 4. The van der Waals surface area contributed by atoms with Crippen LogP contribution in [0, 0.1) is 11.8 Å². The highest BCUT2D eigenvalue weighted by Gasteiger charge is 2.21. The summed E-state index contributed by atoms with van der Waals surface area (Å²) in [5, 5.41) is 2.89. The van der Waals surface area contributed by atoms with Crippen molar-refractivity contribution < 1.29 is 4.79 Å². The average Bonchev–Trinajstić information content (AvgIpc) is 2.38. The Balaban J connectivity index is 1.73. The van der Waals surface area contributed by atoms with Crippen LogP contribution in [0.5, 0.6) is 0 Å². The number of hydrogen-bond donors (Lipinski definition) is 1. The molecule has 1 aromatic rings. The predicted molar refractivity (Wildman–Crippen MR) is 73.8 cm³/mol. The Kier molecular flexibility index (Phi) is 4.85. The van der Waals surface area contributed by atoms with E-state index < -0.39 is 0 Å². The highest BCUT2D eigenvalue weighted by molar-refractivity contribution is 5.91. The molecule has 19 heavy (non-hydrogen) atoms. The lowest BCUT2D eigenvalue weighted by molar-refractivity contribution is 0.0931. The van der Waals surface area contributed by atoms with Crippen molar-refractivity contribution in [3.8, 4) is 0 Å². The second kappa shape index (κ2) is 6.61. The summed E-state index contributed by atoms with van der Waals surface area (Å²) in [6, 6.07) is 0. The van der Waals surface area contributed by atoms with Gasteiger partial charge in [-0.05, 0) is 18.3 Å². The van der Waals surface area contributed by atoms with Gasteiger partial charge in [-0.2, -0.15) is 0 Å². The molecule has 0 bridgehead atoms. The number of nitrogens with zero attached hydrogens (tertiary/aromatic N) is 3.